The van der Waals surface area contributed by atoms with Crippen LogP contribution in [0, 0.1) is 0 Å². The fourth-order valence-corrected chi connectivity index (χ4v) is 2.55. The molecule has 0 radical (unpaired) electrons. The zero-order chi connectivity index (χ0) is 18.8. The average molecular weight is 357 g/mol. The van der Waals surface area contributed by atoms with Crippen molar-refractivity contribution in [3.8, 4) is 17.2 Å². The minimum atomic E-state index is 0.558. The molecule has 0 aliphatic heterocycles. The molecule has 0 unspecified atom stereocenters. The molecule has 140 valence electrons. The number of methoxy groups -OCH3 is 2. The topological polar surface area (TPSA) is 55.3 Å². The van der Waals surface area contributed by atoms with Crippen molar-refractivity contribution in [3.05, 3.63) is 54.1 Å². The van der Waals surface area contributed by atoms with Crippen LogP contribution in [0.3, 0.4) is 0 Å². The molecule has 0 bridgehead atoms. The third-order valence-electron chi connectivity index (χ3n) is 3.87. The predicted octanol–water partition coefficient (Wildman–Crippen LogP) is 2.79. The molecule has 2 aromatic rings. The molecule has 0 aliphatic rings. The Hall–Kier alpha value is -2.89. The number of nitrogens with one attached hydrogen (secondary N) is 1. The first kappa shape index (κ1) is 19.4. The number of hydrogen-bond acceptors (Lipinski definition) is 4. The van der Waals surface area contributed by atoms with Gasteiger partial charge in [-0.1, -0.05) is 18.2 Å². The third-order valence-corrected chi connectivity index (χ3v) is 3.87. The van der Waals surface area contributed by atoms with Crippen LogP contribution in [0.2, 0.25) is 0 Å². The normalized spacial score (nSPS) is 11.0. The van der Waals surface area contributed by atoms with Crippen LogP contribution in [-0.4, -0.2) is 52.3 Å². The standard InChI is InChI=1S/C20H27N3O3/c1-21-20(22-12-13-26-17-8-6-5-7-9-17)23(2)15-16-10-11-18(24-3)14-19(16)25-4/h5-11,14H,12-13,15H2,1-4H3,(H,21,22). The zero-order valence-corrected chi connectivity index (χ0v) is 15.9. The van der Waals surface area contributed by atoms with Crippen LogP contribution in [0.1, 0.15) is 5.56 Å². The van der Waals surface area contributed by atoms with E-state index in [0.717, 1.165) is 28.8 Å². The van der Waals surface area contributed by atoms with E-state index in [9.17, 15) is 0 Å². The zero-order valence-electron chi connectivity index (χ0n) is 15.9. The highest BCUT2D eigenvalue weighted by atomic mass is 16.5. The molecule has 2 rings (SSSR count). The molecule has 1 N–H and O–H groups in total. The highest BCUT2D eigenvalue weighted by molar-refractivity contribution is 5.79. The third kappa shape index (κ3) is 5.58. The van der Waals surface area contributed by atoms with Crippen LogP contribution in [0.25, 0.3) is 0 Å². The number of guanidine groups is 1. The van der Waals surface area contributed by atoms with Gasteiger partial charge in [0.05, 0.1) is 20.8 Å². The Morgan fingerprint density at radius 2 is 1.81 bits per heavy atom. The van der Waals surface area contributed by atoms with E-state index in [1.165, 1.54) is 0 Å². The molecule has 0 fully saturated rings. The second-order valence-electron chi connectivity index (χ2n) is 5.67. The lowest BCUT2D eigenvalue weighted by molar-refractivity contribution is 0.319. The Morgan fingerprint density at radius 3 is 2.46 bits per heavy atom. The smallest absolute Gasteiger partial charge is 0.193 e. The second-order valence-corrected chi connectivity index (χ2v) is 5.67. The van der Waals surface area contributed by atoms with E-state index >= 15 is 0 Å². The Labute approximate surface area is 155 Å². The van der Waals surface area contributed by atoms with Crippen molar-refractivity contribution in [1.29, 1.82) is 0 Å². The first-order chi connectivity index (χ1) is 12.7. The second kappa shape index (κ2) is 10.2. The highest BCUT2D eigenvalue weighted by Crippen LogP contribution is 2.25. The van der Waals surface area contributed by atoms with Gasteiger partial charge in [0.2, 0.25) is 0 Å². The Morgan fingerprint density at radius 1 is 1.04 bits per heavy atom. The molecule has 0 amide bonds. The number of para-hydroxylation sites is 1. The monoisotopic (exact) mass is 357 g/mol. The van der Waals surface area contributed by atoms with Gasteiger partial charge < -0.3 is 24.4 Å². The lowest BCUT2D eigenvalue weighted by Gasteiger charge is -2.23. The molecule has 26 heavy (non-hydrogen) atoms. The number of hydrogen-bond donors (Lipinski definition) is 1. The van der Waals surface area contributed by atoms with Crippen molar-refractivity contribution >= 4 is 5.96 Å². The Bertz CT molecular complexity index is 705. The van der Waals surface area contributed by atoms with Crippen LogP contribution < -0.4 is 19.5 Å². The van der Waals surface area contributed by atoms with Crippen molar-refractivity contribution in [1.82, 2.24) is 10.2 Å². The number of nitrogens with zero attached hydrogens (tertiary/aromatic N) is 2. The van der Waals surface area contributed by atoms with E-state index in [0.29, 0.717) is 19.7 Å². The molecule has 0 saturated heterocycles. The summed E-state index contributed by atoms with van der Waals surface area (Å²) in [6.07, 6.45) is 0. The summed E-state index contributed by atoms with van der Waals surface area (Å²) in [6, 6.07) is 15.6. The van der Waals surface area contributed by atoms with Gasteiger partial charge in [0.15, 0.2) is 5.96 Å². The summed E-state index contributed by atoms with van der Waals surface area (Å²) in [7, 11) is 7.05. The molecule has 0 aliphatic carbocycles. The summed E-state index contributed by atoms with van der Waals surface area (Å²) in [5, 5.41) is 3.31. The first-order valence-electron chi connectivity index (χ1n) is 8.48. The minimum Gasteiger partial charge on any atom is -0.497 e. The summed E-state index contributed by atoms with van der Waals surface area (Å²) in [6.45, 7) is 1.88. The largest absolute Gasteiger partial charge is 0.497 e. The van der Waals surface area contributed by atoms with Crippen molar-refractivity contribution in [2.75, 3.05) is 41.5 Å². The van der Waals surface area contributed by atoms with E-state index < -0.39 is 0 Å². The Balaban J connectivity index is 1.87. The van der Waals surface area contributed by atoms with E-state index in [4.69, 9.17) is 14.2 Å². The van der Waals surface area contributed by atoms with Crippen LogP contribution in [-0.2, 0) is 6.54 Å². The molecular weight excluding hydrogens is 330 g/mol. The van der Waals surface area contributed by atoms with Gasteiger partial charge in [0.1, 0.15) is 23.9 Å². The van der Waals surface area contributed by atoms with Gasteiger partial charge >= 0.3 is 0 Å². The van der Waals surface area contributed by atoms with E-state index in [1.807, 2.05) is 60.5 Å². The van der Waals surface area contributed by atoms with Crippen molar-refractivity contribution in [2.45, 2.75) is 6.54 Å². The highest BCUT2D eigenvalue weighted by Gasteiger charge is 2.11. The van der Waals surface area contributed by atoms with E-state index in [1.54, 1.807) is 21.3 Å². The van der Waals surface area contributed by atoms with Crippen LogP contribution in [0.15, 0.2) is 53.5 Å². The lowest BCUT2D eigenvalue weighted by atomic mass is 10.2. The molecule has 0 aromatic heterocycles. The summed E-state index contributed by atoms with van der Waals surface area (Å²) in [5.41, 5.74) is 1.05. The molecular formula is C20H27N3O3. The van der Waals surface area contributed by atoms with Crippen molar-refractivity contribution in [3.63, 3.8) is 0 Å². The Kier molecular flexibility index (Phi) is 7.61. The SMILES string of the molecule is CN=C(NCCOc1ccccc1)N(C)Cc1ccc(OC)cc1OC. The number of rotatable bonds is 8. The molecule has 0 spiro atoms. The fraction of sp³-hybridized carbons (Fsp3) is 0.350. The maximum atomic E-state index is 5.69. The maximum absolute atomic E-state index is 5.69. The molecule has 6 heteroatoms. The molecule has 0 saturated carbocycles. The van der Waals surface area contributed by atoms with E-state index in [2.05, 4.69) is 10.3 Å². The molecule has 0 atom stereocenters. The van der Waals surface area contributed by atoms with Gasteiger partial charge in [-0.25, -0.2) is 0 Å². The number of ether oxygens (including phenoxy) is 3. The molecule has 6 nitrogen and oxygen atoms in total. The van der Waals surface area contributed by atoms with Gasteiger partial charge in [-0.2, -0.15) is 0 Å². The summed E-state index contributed by atoms with van der Waals surface area (Å²) < 4.78 is 16.4. The van der Waals surface area contributed by atoms with E-state index in [-0.39, 0.29) is 0 Å². The van der Waals surface area contributed by atoms with Crippen LogP contribution >= 0.6 is 0 Å². The number of aliphatic imine (C=N–C) groups is 1. The van der Waals surface area contributed by atoms with Crippen molar-refractivity contribution in [2.24, 2.45) is 4.99 Å². The molecule has 0 heterocycles. The molecule has 2 aromatic carbocycles. The maximum Gasteiger partial charge on any atom is 0.193 e. The predicted molar refractivity (Wildman–Crippen MR) is 104 cm³/mol. The minimum absolute atomic E-state index is 0.558. The average Bonchev–Trinajstić information content (AvgIpc) is 2.69. The quantitative estimate of drug-likeness (QED) is 0.447. The van der Waals surface area contributed by atoms with Crippen molar-refractivity contribution < 1.29 is 14.2 Å². The van der Waals surface area contributed by atoms with Crippen LogP contribution in [0.4, 0.5) is 0 Å². The van der Waals surface area contributed by atoms with Gasteiger partial charge in [0, 0.05) is 32.3 Å². The first-order valence-corrected chi connectivity index (χ1v) is 8.48. The lowest BCUT2D eigenvalue weighted by Crippen LogP contribution is -2.40. The summed E-state index contributed by atoms with van der Waals surface area (Å²) in [4.78, 5) is 6.36. The van der Waals surface area contributed by atoms with Gasteiger partial charge in [-0.05, 0) is 24.3 Å². The van der Waals surface area contributed by atoms with Crippen LogP contribution in [0.5, 0.6) is 17.2 Å². The van der Waals surface area contributed by atoms with Gasteiger partial charge in [-0.15, -0.1) is 0 Å². The summed E-state index contributed by atoms with van der Waals surface area (Å²) in [5.74, 6) is 3.22. The van der Waals surface area contributed by atoms with Gasteiger partial charge in [-0.3, -0.25) is 4.99 Å². The fourth-order valence-electron chi connectivity index (χ4n) is 2.55. The summed E-state index contributed by atoms with van der Waals surface area (Å²) >= 11 is 0. The van der Waals surface area contributed by atoms with Gasteiger partial charge in [0.25, 0.3) is 0 Å². The number of benzene rings is 2.